The van der Waals surface area contributed by atoms with Crippen LogP contribution in [0.1, 0.15) is 29.4 Å². The Balaban J connectivity index is 1.82. The van der Waals surface area contributed by atoms with Crippen LogP contribution in [0.2, 0.25) is 0 Å². The molecule has 130 valence electrons. The average Bonchev–Trinajstić information content (AvgIpc) is 2.79. The van der Waals surface area contributed by atoms with Crippen LogP contribution in [0.25, 0.3) is 0 Å². The summed E-state index contributed by atoms with van der Waals surface area (Å²) < 4.78 is 1.88. The number of hydrogen-bond donors (Lipinski definition) is 2. The lowest BCUT2D eigenvalue weighted by atomic mass is 10.1. The van der Waals surface area contributed by atoms with Crippen LogP contribution in [0, 0.1) is 13.8 Å². The van der Waals surface area contributed by atoms with Crippen molar-refractivity contribution in [2.75, 3.05) is 6.26 Å². The lowest BCUT2D eigenvalue weighted by molar-refractivity contribution is 0.237. The van der Waals surface area contributed by atoms with E-state index in [-0.39, 0.29) is 12.1 Å². The molecular weight excluding hydrogens is 320 g/mol. The minimum absolute atomic E-state index is 0.0467. The Hall–Kier alpha value is -1.95. The summed E-state index contributed by atoms with van der Waals surface area (Å²) in [7, 11) is 1.94. The third-order valence-electron chi connectivity index (χ3n) is 4.16. The molecule has 5 nitrogen and oxygen atoms in total. The van der Waals surface area contributed by atoms with Gasteiger partial charge in [-0.05, 0) is 56.7 Å². The predicted molar refractivity (Wildman–Crippen MR) is 99.4 cm³/mol. The summed E-state index contributed by atoms with van der Waals surface area (Å²) in [5.41, 5.74) is 4.47. The van der Waals surface area contributed by atoms with Gasteiger partial charge in [0.2, 0.25) is 0 Å². The second kappa shape index (κ2) is 8.24. The molecule has 1 heterocycles. The smallest absolute Gasteiger partial charge is 0.315 e. The van der Waals surface area contributed by atoms with Crippen molar-refractivity contribution in [3.8, 4) is 0 Å². The van der Waals surface area contributed by atoms with Gasteiger partial charge in [0.1, 0.15) is 0 Å². The maximum Gasteiger partial charge on any atom is 0.315 e. The van der Waals surface area contributed by atoms with Crippen LogP contribution in [0.5, 0.6) is 0 Å². The SMILES string of the molecule is CSc1ccc(CNC(=O)NC(C)Cc2c(C)nn(C)c2C)cc1. The highest BCUT2D eigenvalue weighted by Crippen LogP contribution is 2.15. The van der Waals surface area contributed by atoms with Crippen LogP contribution in [-0.2, 0) is 20.0 Å². The van der Waals surface area contributed by atoms with E-state index in [1.54, 1.807) is 11.8 Å². The van der Waals surface area contributed by atoms with E-state index in [2.05, 4.69) is 34.8 Å². The number of rotatable bonds is 6. The second-order valence-electron chi connectivity index (χ2n) is 6.05. The van der Waals surface area contributed by atoms with E-state index < -0.39 is 0 Å². The van der Waals surface area contributed by atoms with Crippen molar-refractivity contribution < 1.29 is 4.79 Å². The number of nitrogens with one attached hydrogen (secondary N) is 2. The van der Waals surface area contributed by atoms with E-state index in [0.717, 1.165) is 23.4 Å². The van der Waals surface area contributed by atoms with Crippen LogP contribution in [0.15, 0.2) is 29.2 Å². The molecule has 0 radical (unpaired) electrons. The Bertz CT molecular complexity index is 694. The highest BCUT2D eigenvalue weighted by atomic mass is 32.2. The number of carbonyl (C=O) groups is 1. The minimum Gasteiger partial charge on any atom is -0.335 e. The molecule has 2 amide bonds. The molecule has 0 aliphatic carbocycles. The molecule has 0 saturated carbocycles. The lowest BCUT2D eigenvalue weighted by Gasteiger charge is -2.15. The van der Waals surface area contributed by atoms with Crippen LogP contribution in [-0.4, -0.2) is 28.1 Å². The van der Waals surface area contributed by atoms with E-state index in [1.165, 1.54) is 10.5 Å². The molecule has 24 heavy (non-hydrogen) atoms. The summed E-state index contributed by atoms with van der Waals surface area (Å²) in [5, 5.41) is 10.3. The molecule has 1 aromatic carbocycles. The molecule has 1 atom stereocenters. The van der Waals surface area contributed by atoms with E-state index >= 15 is 0 Å². The Morgan fingerprint density at radius 1 is 1.29 bits per heavy atom. The zero-order chi connectivity index (χ0) is 17.7. The number of amides is 2. The van der Waals surface area contributed by atoms with Crippen LogP contribution in [0.3, 0.4) is 0 Å². The highest BCUT2D eigenvalue weighted by Gasteiger charge is 2.14. The van der Waals surface area contributed by atoms with Gasteiger partial charge in [-0.15, -0.1) is 11.8 Å². The fourth-order valence-corrected chi connectivity index (χ4v) is 3.08. The zero-order valence-corrected chi connectivity index (χ0v) is 15.8. The highest BCUT2D eigenvalue weighted by molar-refractivity contribution is 7.98. The van der Waals surface area contributed by atoms with Crippen LogP contribution in [0.4, 0.5) is 4.79 Å². The second-order valence-corrected chi connectivity index (χ2v) is 6.93. The van der Waals surface area contributed by atoms with Crippen molar-refractivity contribution in [1.82, 2.24) is 20.4 Å². The monoisotopic (exact) mass is 346 g/mol. The van der Waals surface area contributed by atoms with Gasteiger partial charge in [0.25, 0.3) is 0 Å². The van der Waals surface area contributed by atoms with E-state index in [9.17, 15) is 4.79 Å². The van der Waals surface area contributed by atoms with E-state index in [4.69, 9.17) is 0 Å². The number of aryl methyl sites for hydroxylation is 2. The predicted octanol–water partition coefficient (Wildman–Crippen LogP) is 3.19. The average molecular weight is 347 g/mol. The number of carbonyl (C=O) groups excluding carboxylic acids is 1. The first kappa shape index (κ1) is 18.4. The van der Waals surface area contributed by atoms with E-state index in [1.807, 2.05) is 44.0 Å². The van der Waals surface area contributed by atoms with Gasteiger partial charge in [-0.1, -0.05) is 12.1 Å². The first-order valence-electron chi connectivity index (χ1n) is 8.07. The minimum atomic E-state index is -0.143. The maximum atomic E-state index is 12.1. The summed E-state index contributed by atoms with van der Waals surface area (Å²) >= 11 is 1.71. The quantitative estimate of drug-likeness (QED) is 0.790. The number of thioether (sulfide) groups is 1. The van der Waals surface area contributed by atoms with Crippen molar-refractivity contribution in [1.29, 1.82) is 0 Å². The molecule has 2 rings (SSSR count). The normalized spacial score (nSPS) is 12.0. The Kier molecular flexibility index (Phi) is 6.31. The molecule has 0 spiro atoms. The van der Waals surface area contributed by atoms with Gasteiger partial charge in [0, 0.05) is 30.2 Å². The first-order chi connectivity index (χ1) is 11.4. The molecule has 1 unspecified atom stereocenters. The van der Waals surface area contributed by atoms with Gasteiger partial charge in [-0.3, -0.25) is 4.68 Å². The molecule has 0 aliphatic heterocycles. The van der Waals surface area contributed by atoms with Gasteiger partial charge in [0.05, 0.1) is 5.69 Å². The molecule has 1 aromatic heterocycles. The molecule has 0 fully saturated rings. The number of aromatic nitrogens is 2. The van der Waals surface area contributed by atoms with Gasteiger partial charge < -0.3 is 10.6 Å². The topological polar surface area (TPSA) is 59.0 Å². The zero-order valence-electron chi connectivity index (χ0n) is 15.0. The Morgan fingerprint density at radius 3 is 2.50 bits per heavy atom. The van der Waals surface area contributed by atoms with Crippen molar-refractivity contribution >= 4 is 17.8 Å². The molecule has 2 aromatic rings. The third kappa shape index (κ3) is 4.77. The standard InChI is InChI=1S/C18H26N4OS/c1-12(10-17-13(2)21-22(4)14(17)3)20-18(23)19-11-15-6-8-16(24-5)9-7-15/h6-9,12H,10-11H2,1-5H3,(H2,19,20,23). The fourth-order valence-electron chi connectivity index (χ4n) is 2.67. The molecule has 6 heteroatoms. The van der Waals surface area contributed by atoms with Crippen molar-refractivity contribution in [2.24, 2.45) is 7.05 Å². The Labute approximate surface area is 148 Å². The number of urea groups is 1. The summed E-state index contributed by atoms with van der Waals surface area (Å²) in [6, 6.07) is 8.11. The third-order valence-corrected chi connectivity index (χ3v) is 4.90. The number of benzene rings is 1. The summed E-state index contributed by atoms with van der Waals surface area (Å²) in [6.07, 6.45) is 2.83. The summed E-state index contributed by atoms with van der Waals surface area (Å²) in [6.45, 7) is 6.60. The lowest BCUT2D eigenvalue weighted by Crippen LogP contribution is -2.41. The van der Waals surface area contributed by atoms with Gasteiger partial charge in [0.15, 0.2) is 0 Å². The Morgan fingerprint density at radius 2 is 1.96 bits per heavy atom. The summed E-state index contributed by atoms with van der Waals surface area (Å²) in [4.78, 5) is 13.3. The van der Waals surface area contributed by atoms with Crippen molar-refractivity contribution in [2.45, 2.75) is 44.7 Å². The first-order valence-corrected chi connectivity index (χ1v) is 9.29. The van der Waals surface area contributed by atoms with Crippen LogP contribution >= 0.6 is 11.8 Å². The number of hydrogen-bond acceptors (Lipinski definition) is 3. The molecule has 0 aliphatic rings. The summed E-state index contributed by atoms with van der Waals surface area (Å²) in [5.74, 6) is 0. The van der Waals surface area contributed by atoms with Crippen molar-refractivity contribution in [3.63, 3.8) is 0 Å². The largest absolute Gasteiger partial charge is 0.335 e. The number of nitrogens with zero attached hydrogens (tertiary/aromatic N) is 2. The van der Waals surface area contributed by atoms with Gasteiger partial charge in [-0.25, -0.2) is 4.79 Å². The maximum absolute atomic E-state index is 12.1. The molecule has 0 saturated heterocycles. The van der Waals surface area contributed by atoms with E-state index in [0.29, 0.717) is 6.54 Å². The van der Waals surface area contributed by atoms with Gasteiger partial charge >= 0.3 is 6.03 Å². The van der Waals surface area contributed by atoms with Gasteiger partial charge in [-0.2, -0.15) is 5.10 Å². The fraction of sp³-hybridized carbons (Fsp3) is 0.444. The molecular formula is C18H26N4OS. The van der Waals surface area contributed by atoms with Crippen molar-refractivity contribution in [3.05, 3.63) is 46.8 Å². The molecule has 2 N–H and O–H groups in total. The molecule has 0 bridgehead atoms. The van der Waals surface area contributed by atoms with Crippen LogP contribution < -0.4 is 10.6 Å².